The molecular weight excluding hydrogens is 382 g/mol. The number of benzene rings is 1. The third-order valence-electron chi connectivity index (χ3n) is 4.67. The molecule has 3 rings (SSSR count). The SMILES string of the molecule is O=C(COC(=O)CN1CCSC1=O)Nc1ccccc1C(=O)NC1CCCC1. The van der Waals surface area contributed by atoms with E-state index in [9.17, 15) is 19.2 Å². The summed E-state index contributed by atoms with van der Waals surface area (Å²) in [7, 11) is 0. The van der Waals surface area contributed by atoms with Crippen LogP contribution < -0.4 is 10.6 Å². The van der Waals surface area contributed by atoms with Crippen molar-refractivity contribution >= 4 is 40.5 Å². The predicted molar refractivity (Wildman–Crippen MR) is 105 cm³/mol. The van der Waals surface area contributed by atoms with E-state index < -0.39 is 18.5 Å². The maximum absolute atomic E-state index is 12.5. The van der Waals surface area contributed by atoms with Crippen LogP contribution in [-0.4, -0.2) is 59.4 Å². The van der Waals surface area contributed by atoms with Crippen molar-refractivity contribution in [2.45, 2.75) is 31.7 Å². The lowest BCUT2D eigenvalue weighted by molar-refractivity contribution is -0.147. The number of para-hydroxylation sites is 1. The van der Waals surface area contributed by atoms with Crippen LogP contribution in [0.1, 0.15) is 36.0 Å². The van der Waals surface area contributed by atoms with Crippen LogP contribution in [0.5, 0.6) is 0 Å². The summed E-state index contributed by atoms with van der Waals surface area (Å²) in [4.78, 5) is 49.3. The van der Waals surface area contributed by atoms with E-state index in [0.717, 1.165) is 37.4 Å². The molecule has 2 fully saturated rings. The van der Waals surface area contributed by atoms with Crippen molar-refractivity contribution in [3.8, 4) is 0 Å². The first-order chi connectivity index (χ1) is 13.5. The van der Waals surface area contributed by atoms with Crippen LogP contribution in [0.2, 0.25) is 0 Å². The molecule has 1 saturated carbocycles. The highest BCUT2D eigenvalue weighted by Crippen LogP contribution is 2.20. The Bertz CT molecular complexity index is 764. The maximum Gasteiger partial charge on any atom is 0.326 e. The zero-order valence-corrected chi connectivity index (χ0v) is 16.3. The summed E-state index contributed by atoms with van der Waals surface area (Å²) in [6, 6.07) is 6.88. The standard InChI is InChI=1S/C19H23N3O5S/c23-16(12-27-17(24)11-22-9-10-28-19(22)26)21-15-8-4-3-7-14(15)18(25)20-13-5-1-2-6-13/h3-4,7-8,13H,1-2,5-6,9-12H2,(H,20,25)(H,21,23). The van der Waals surface area contributed by atoms with E-state index >= 15 is 0 Å². The third kappa shape index (κ3) is 5.48. The van der Waals surface area contributed by atoms with Crippen LogP contribution in [0.4, 0.5) is 10.5 Å². The summed E-state index contributed by atoms with van der Waals surface area (Å²) in [5, 5.41) is 5.44. The molecule has 1 aliphatic carbocycles. The lowest BCUT2D eigenvalue weighted by Crippen LogP contribution is -2.34. The molecule has 150 valence electrons. The van der Waals surface area contributed by atoms with Gasteiger partial charge in [-0.3, -0.25) is 19.2 Å². The molecule has 0 unspecified atom stereocenters. The summed E-state index contributed by atoms with van der Waals surface area (Å²) in [6.45, 7) is -0.152. The molecule has 0 radical (unpaired) electrons. The zero-order valence-electron chi connectivity index (χ0n) is 15.4. The lowest BCUT2D eigenvalue weighted by Gasteiger charge is -2.15. The van der Waals surface area contributed by atoms with Gasteiger partial charge in [0.05, 0.1) is 11.3 Å². The van der Waals surface area contributed by atoms with E-state index in [-0.39, 0.29) is 23.7 Å². The molecule has 2 aliphatic rings. The lowest BCUT2D eigenvalue weighted by atomic mass is 10.1. The summed E-state index contributed by atoms with van der Waals surface area (Å²) < 4.78 is 4.94. The van der Waals surface area contributed by atoms with Crippen molar-refractivity contribution in [1.29, 1.82) is 0 Å². The molecule has 0 spiro atoms. The first-order valence-corrected chi connectivity index (χ1v) is 10.3. The van der Waals surface area contributed by atoms with Crippen molar-refractivity contribution in [2.75, 3.05) is 30.8 Å². The Morgan fingerprint density at radius 1 is 1.18 bits per heavy atom. The topological polar surface area (TPSA) is 105 Å². The van der Waals surface area contributed by atoms with Crippen LogP contribution >= 0.6 is 11.8 Å². The van der Waals surface area contributed by atoms with Crippen LogP contribution in [-0.2, 0) is 14.3 Å². The molecule has 1 aliphatic heterocycles. The number of hydrogen-bond acceptors (Lipinski definition) is 6. The number of amides is 3. The molecule has 0 atom stereocenters. The Labute approximate surface area is 167 Å². The predicted octanol–water partition coefficient (Wildman–Crippen LogP) is 2.01. The Morgan fingerprint density at radius 3 is 2.64 bits per heavy atom. The molecule has 1 aromatic rings. The van der Waals surface area contributed by atoms with Crippen molar-refractivity contribution in [2.24, 2.45) is 0 Å². The number of hydrogen-bond donors (Lipinski definition) is 2. The monoisotopic (exact) mass is 405 g/mol. The van der Waals surface area contributed by atoms with Gasteiger partial charge in [0.25, 0.3) is 17.1 Å². The van der Waals surface area contributed by atoms with Gasteiger partial charge in [0, 0.05) is 18.3 Å². The molecule has 3 amide bonds. The molecule has 9 heteroatoms. The fourth-order valence-corrected chi connectivity index (χ4v) is 4.05. The molecule has 2 N–H and O–H groups in total. The fourth-order valence-electron chi connectivity index (χ4n) is 3.23. The number of carbonyl (C=O) groups is 4. The second-order valence-corrected chi connectivity index (χ2v) is 7.79. The zero-order chi connectivity index (χ0) is 19.9. The van der Waals surface area contributed by atoms with E-state index in [4.69, 9.17) is 4.74 Å². The van der Waals surface area contributed by atoms with E-state index in [1.165, 1.54) is 4.90 Å². The molecule has 0 bridgehead atoms. The van der Waals surface area contributed by atoms with Gasteiger partial charge in [-0.05, 0) is 25.0 Å². The van der Waals surface area contributed by atoms with E-state index in [2.05, 4.69) is 10.6 Å². The van der Waals surface area contributed by atoms with Crippen molar-refractivity contribution in [3.63, 3.8) is 0 Å². The van der Waals surface area contributed by atoms with E-state index in [0.29, 0.717) is 23.5 Å². The maximum atomic E-state index is 12.5. The average molecular weight is 405 g/mol. The average Bonchev–Trinajstić information content (AvgIpc) is 3.32. The van der Waals surface area contributed by atoms with Crippen molar-refractivity contribution in [1.82, 2.24) is 10.2 Å². The van der Waals surface area contributed by atoms with Gasteiger partial charge >= 0.3 is 5.97 Å². The molecular formula is C19H23N3O5S. The highest BCUT2D eigenvalue weighted by atomic mass is 32.2. The number of thioether (sulfide) groups is 1. The molecule has 1 aromatic carbocycles. The molecule has 8 nitrogen and oxygen atoms in total. The molecule has 28 heavy (non-hydrogen) atoms. The summed E-state index contributed by atoms with van der Waals surface area (Å²) in [6.07, 6.45) is 4.15. The van der Waals surface area contributed by atoms with Crippen molar-refractivity contribution in [3.05, 3.63) is 29.8 Å². The molecule has 1 heterocycles. The van der Waals surface area contributed by atoms with Gasteiger partial charge in [0.2, 0.25) is 0 Å². The Kier molecular flexibility index (Phi) is 6.91. The third-order valence-corrected chi connectivity index (χ3v) is 5.56. The first-order valence-electron chi connectivity index (χ1n) is 9.30. The smallest absolute Gasteiger partial charge is 0.326 e. The molecule has 0 aromatic heterocycles. The number of anilines is 1. The summed E-state index contributed by atoms with van der Waals surface area (Å²) in [5.74, 6) is -0.772. The minimum atomic E-state index is -0.640. The van der Waals surface area contributed by atoms with Crippen molar-refractivity contribution < 1.29 is 23.9 Å². The minimum Gasteiger partial charge on any atom is -0.454 e. The van der Waals surface area contributed by atoms with Crippen LogP contribution in [0.25, 0.3) is 0 Å². The summed E-state index contributed by atoms with van der Waals surface area (Å²) in [5.41, 5.74) is 0.735. The highest BCUT2D eigenvalue weighted by Gasteiger charge is 2.24. The van der Waals surface area contributed by atoms with Gasteiger partial charge in [0.1, 0.15) is 6.54 Å². The highest BCUT2D eigenvalue weighted by molar-refractivity contribution is 8.13. The van der Waals surface area contributed by atoms with Gasteiger partial charge in [-0.15, -0.1) is 0 Å². The first kappa shape index (κ1) is 20.2. The van der Waals surface area contributed by atoms with Crippen LogP contribution in [0.15, 0.2) is 24.3 Å². The van der Waals surface area contributed by atoms with Gasteiger partial charge < -0.3 is 20.3 Å². The Hall–Kier alpha value is -2.55. The van der Waals surface area contributed by atoms with Gasteiger partial charge in [-0.1, -0.05) is 36.7 Å². The van der Waals surface area contributed by atoms with E-state index in [1.807, 2.05) is 0 Å². The largest absolute Gasteiger partial charge is 0.454 e. The fraction of sp³-hybridized carbons (Fsp3) is 0.474. The van der Waals surface area contributed by atoms with Crippen LogP contribution in [0.3, 0.4) is 0 Å². The van der Waals surface area contributed by atoms with Gasteiger partial charge in [-0.2, -0.15) is 0 Å². The number of esters is 1. The van der Waals surface area contributed by atoms with Crippen LogP contribution in [0, 0.1) is 0 Å². The number of carbonyl (C=O) groups excluding carboxylic acids is 4. The summed E-state index contributed by atoms with van der Waals surface area (Å²) >= 11 is 1.15. The quantitative estimate of drug-likeness (QED) is 0.673. The Morgan fingerprint density at radius 2 is 1.93 bits per heavy atom. The molecule has 1 saturated heterocycles. The van der Waals surface area contributed by atoms with E-state index in [1.54, 1.807) is 24.3 Å². The normalized spacial score (nSPS) is 16.9. The van der Waals surface area contributed by atoms with Gasteiger partial charge in [0.15, 0.2) is 6.61 Å². The number of rotatable bonds is 7. The second-order valence-electron chi connectivity index (χ2n) is 6.75. The second kappa shape index (κ2) is 9.59. The Balaban J connectivity index is 1.50. The number of nitrogens with zero attached hydrogens (tertiary/aromatic N) is 1. The number of nitrogens with one attached hydrogen (secondary N) is 2. The van der Waals surface area contributed by atoms with Gasteiger partial charge in [-0.25, -0.2) is 0 Å². The minimum absolute atomic E-state index is 0.163. The number of ether oxygens (including phenoxy) is 1.